The van der Waals surface area contributed by atoms with E-state index in [0.717, 1.165) is 19.3 Å². The monoisotopic (exact) mass is 290 g/mol. The molecule has 0 saturated heterocycles. The number of Topliss-reactive ketones (excluding diaryl/α,β-unsaturated/α-hetero) is 1. The molecule has 1 heteroatoms. The molecule has 0 aliphatic heterocycles. The lowest BCUT2D eigenvalue weighted by molar-refractivity contribution is -0.129. The van der Waals surface area contributed by atoms with Gasteiger partial charge in [0.25, 0.3) is 0 Å². The van der Waals surface area contributed by atoms with Crippen molar-refractivity contribution in [3.63, 3.8) is 0 Å². The number of ketones is 1. The Balaban J connectivity index is 2.08. The summed E-state index contributed by atoms with van der Waals surface area (Å²) >= 11 is 0. The largest absolute Gasteiger partial charge is 0.299 e. The van der Waals surface area contributed by atoms with E-state index in [0.29, 0.717) is 34.9 Å². The molecule has 2 rings (SSSR count). The molecule has 0 spiro atoms. The summed E-state index contributed by atoms with van der Waals surface area (Å²) in [5, 5.41) is 0. The van der Waals surface area contributed by atoms with Gasteiger partial charge in [0.05, 0.1) is 0 Å². The Labute approximate surface area is 131 Å². The third-order valence-corrected chi connectivity index (χ3v) is 6.64. The Morgan fingerprint density at radius 1 is 1.19 bits per heavy atom. The highest BCUT2D eigenvalue weighted by atomic mass is 16.1. The summed E-state index contributed by atoms with van der Waals surface area (Å²) < 4.78 is 0. The fraction of sp³-hybridized carbons (Fsp3) is 0.850. The first-order valence-electron chi connectivity index (χ1n) is 8.87. The average Bonchev–Trinajstić information content (AvgIpc) is 2.73. The lowest BCUT2D eigenvalue weighted by atomic mass is 9.62. The molecule has 5 atom stereocenters. The van der Waals surface area contributed by atoms with Crippen molar-refractivity contribution in [1.29, 1.82) is 0 Å². The fourth-order valence-corrected chi connectivity index (χ4v) is 4.60. The molecule has 1 nitrogen and oxygen atoms in total. The summed E-state index contributed by atoms with van der Waals surface area (Å²) in [7, 11) is 0. The van der Waals surface area contributed by atoms with E-state index < -0.39 is 0 Å². The Hall–Kier alpha value is -0.590. The standard InChI is InChI=1S/C20H34O/c1-14(9-10-15(2)19(3,4)5)16-11-12-17-18(21)8-7-13-20(16,17)6/h9-10,14-17H,7-8,11-13H2,1-6H3/b10-9+/t14-,15+,16-,17+,20-/m1/s1. The Bertz CT molecular complexity index is 414. The Kier molecular flexibility index (Phi) is 4.71. The first-order chi connectivity index (χ1) is 9.66. The van der Waals surface area contributed by atoms with Crippen LogP contribution < -0.4 is 0 Å². The SMILES string of the molecule is C[C@H](/C=C/[C@H](C)C(C)(C)C)[C@H]1CC[C@H]2C(=O)CCC[C@]12C. The zero-order chi connectivity index (χ0) is 15.8. The van der Waals surface area contributed by atoms with Crippen LogP contribution in [0.25, 0.3) is 0 Å². The maximum atomic E-state index is 12.2. The van der Waals surface area contributed by atoms with E-state index in [1.807, 2.05) is 0 Å². The van der Waals surface area contributed by atoms with Crippen LogP contribution in [-0.4, -0.2) is 5.78 Å². The highest BCUT2D eigenvalue weighted by Crippen LogP contribution is 2.56. The summed E-state index contributed by atoms with van der Waals surface area (Å²) in [6, 6.07) is 0. The molecule has 0 bridgehead atoms. The topological polar surface area (TPSA) is 17.1 Å². The molecule has 2 aliphatic rings. The maximum absolute atomic E-state index is 12.2. The van der Waals surface area contributed by atoms with Crippen LogP contribution in [-0.2, 0) is 4.79 Å². The molecule has 2 saturated carbocycles. The van der Waals surface area contributed by atoms with Gasteiger partial charge in [0.15, 0.2) is 0 Å². The van der Waals surface area contributed by atoms with Gasteiger partial charge in [-0.05, 0) is 54.3 Å². The second-order valence-electron chi connectivity index (χ2n) is 8.96. The van der Waals surface area contributed by atoms with Crippen molar-refractivity contribution < 1.29 is 4.79 Å². The van der Waals surface area contributed by atoms with E-state index in [2.05, 4.69) is 53.7 Å². The summed E-state index contributed by atoms with van der Waals surface area (Å²) in [6.07, 6.45) is 10.4. The van der Waals surface area contributed by atoms with Gasteiger partial charge in [-0.1, -0.05) is 53.7 Å². The minimum atomic E-state index is 0.268. The molecule has 2 aliphatic carbocycles. The van der Waals surface area contributed by atoms with Gasteiger partial charge in [-0.3, -0.25) is 4.79 Å². The Morgan fingerprint density at radius 3 is 2.48 bits per heavy atom. The lowest BCUT2D eigenvalue weighted by Gasteiger charge is -2.41. The van der Waals surface area contributed by atoms with Crippen molar-refractivity contribution in [2.75, 3.05) is 0 Å². The van der Waals surface area contributed by atoms with Gasteiger partial charge in [0.1, 0.15) is 5.78 Å². The van der Waals surface area contributed by atoms with Crippen LogP contribution >= 0.6 is 0 Å². The minimum absolute atomic E-state index is 0.268. The molecule has 0 aromatic heterocycles. The van der Waals surface area contributed by atoms with Crippen LogP contribution in [0.5, 0.6) is 0 Å². The quantitative estimate of drug-likeness (QED) is 0.614. The molecule has 0 radical (unpaired) electrons. The number of rotatable bonds is 3. The smallest absolute Gasteiger partial charge is 0.136 e. The van der Waals surface area contributed by atoms with Crippen molar-refractivity contribution in [2.45, 2.75) is 73.6 Å². The Morgan fingerprint density at radius 2 is 1.86 bits per heavy atom. The average molecular weight is 290 g/mol. The van der Waals surface area contributed by atoms with Gasteiger partial charge in [0, 0.05) is 12.3 Å². The molecule has 0 heterocycles. The van der Waals surface area contributed by atoms with Crippen LogP contribution in [0.15, 0.2) is 12.2 Å². The van der Waals surface area contributed by atoms with Crippen LogP contribution in [0.4, 0.5) is 0 Å². The predicted octanol–water partition coefficient (Wildman–Crippen LogP) is 5.65. The summed E-state index contributed by atoms with van der Waals surface area (Å²) in [5.74, 6) is 2.78. The third kappa shape index (κ3) is 3.27. The van der Waals surface area contributed by atoms with Gasteiger partial charge >= 0.3 is 0 Å². The van der Waals surface area contributed by atoms with Gasteiger partial charge in [-0.25, -0.2) is 0 Å². The molecular weight excluding hydrogens is 256 g/mol. The van der Waals surface area contributed by atoms with Crippen LogP contribution in [0.2, 0.25) is 0 Å². The van der Waals surface area contributed by atoms with Gasteiger partial charge in [0.2, 0.25) is 0 Å². The van der Waals surface area contributed by atoms with E-state index in [1.165, 1.54) is 12.8 Å². The van der Waals surface area contributed by atoms with E-state index in [4.69, 9.17) is 0 Å². The first kappa shape index (κ1) is 16.8. The maximum Gasteiger partial charge on any atom is 0.136 e. The summed E-state index contributed by atoms with van der Waals surface area (Å²) in [6.45, 7) is 14.0. The van der Waals surface area contributed by atoms with Crippen molar-refractivity contribution >= 4 is 5.78 Å². The third-order valence-electron chi connectivity index (χ3n) is 6.64. The molecule has 0 N–H and O–H groups in total. The number of carbonyl (C=O) groups is 1. The van der Waals surface area contributed by atoms with E-state index in [-0.39, 0.29) is 5.41 Å². The van der Waals surface area contributed by atoms with Crippen molar-refractivity contribution in [3.05, 3.63) is 12.2 Å². The zero-order valence-corrected chi connectivity index (χ0v) is 14.9. The minimum Gasteiger partial charge on any atom is -0.299 e. The molecule has 0 aromatic rings. The lowest BCUT2D eigenvalue weighted by Crippen LogP contribution is -2.39. The second-order valence-corrected chi connectivity index (χ2v) is 8.96. The molecule has 21 heavy (non-hydrogen) atoms. The molecule has 0 amide bonds. The van der Waals surface area contributed by atoms with Crippen molar-refractivity contribution in [2.24, 2.45) is 34.5 Å². The van der Waals surface area contributed by atoms with Crippen LogP contribution in [0.3, 0.4) is 0 Å². The van der Waals surface area contributed by atoms with Crippen molar-refractivity contribution in [1.82, 2.24) is 0 Å². The number of hydrogen-bond acceptors (Lipinski definition) is 1. The number of hydrogen-bond donors (Lipinski definition) is 0. The highest BCUT2D eigenvalue weighted by molar-refractivity contribution is 5.83. The number of allylic oxidation sites excluding steroid dienone is 2. The first-order valence-corrected chi connectivity index (χ1v) is 8.87. The van der Waals surface area contributed by atoms with Gasteiger partial charge in [-0.15, -0.1) is 0 Å². The van der Waals surface area contributed by atoms with Crippen LogP contribution in [0.1, 0.15) is 73.6 Å². The molecular formula is C20H34O. The van der Waals surface area contributed by atoms with Crippen molar-refractivity contribution in [3.8, 4) is 0 Å². The number of carbonyl (C=O) groups excluding carboxylic acids is 1. The van der Waals surface area contributed by atoms with Crippen LogP contribution in [0, 0.1) is 34.5 Å². The molecule has 0 unspecified atom stereocenters. The van der Waals surface area contributed by atoms with E-state index in [9.17, 15) is 4.79 Å². The van der Waals surface area contributed by atoms with E-state index in [1.54, 1.807) is 0 Å². The number of fused-ring (bicyclic) bond motifs is 1. The summed E-state index contributed by atoms with van der Waals surface area (Å²) in [5.41, 5.74) is 0.600. The molecule has 120 valence electrons. The second kappa shape index (κ2) is 5.89. The highest BCUT2D eigenvalue weighted by Gasteiger charge is 2.51. The zero-order valence-electron chi connectivity index (χ0n) is 14.9. The molecule has 2 fully saturated rings. The fourth-order valence-electron chi connectivity index (χ4n) is 4.60. The van der Waals surface area contributed by atoms with Gasteiger partial charge < -0.3 is 0 Å². The summed E-state index contributed by atoms with van der Waals surface area (Å²) in [4.78, 5) is 12.2. The normalized spacial score (nSPS) is 36.8. The molecule has 0 aromatic carbocycles. The predicted molar refractivity (Wildman–Crippen MR) is 90.1 cm³/mol. The van der Waals surface area contributed by atoms with E-state index >= 15 is 0 Å². The van der Waals surface area contributed by atoms with Gasteiger partial charge in [-0.2, -0.15) is 0 Å².